The van der Waals surface area contributed by atoms with E-state index in [-0.39, 0.29) is 11.1 Å². The number of benzene rings is 3. The van der Waals surface area contributed by atoms with Gasteiger partial charge in [-0.3, -0.25) is 0 Å². The van der Waals surface area contributed by atoms with E-state index in [2.05, 4.69) is 109 Å². The first-order chi connectivity index (χ1) is 15.9. The fourth-order valence-electron chi connectivity index (χ4n) is 4.60. The summed E-state index contributed by atoms with van der Waals surface area (Å²) in [5, 5.41) is 9.41. The van der Waals surface area contributed by atoms with Crippen molar-refractivity contribution >= 4 is 22.6 Å². The van der Waals surface area contributed by atoms with E-state index in [0.717, 1.165) is 41.0 Å². The van der Waals surface area contributed by atoms with Gasteiger partial charge in [0.2, 0.25) is 0 Å². The first-order valence-electron chi connectivity index (χ1n) is 11.1. The molecule has 3 nitrogen and oxygen atoms in total. The maximum absolute atomic E-state index is 9.41. The molecule has 0 saturated heterocycles. The zero-order valence-electron chi connectivity index (χ0n) is 19.3. The van der Waals surface area contributed by atoms with E-state index in [1.807, 2.05) is 12.1 Å². The first-order valence-corrected chi connectivity index (χ1v) is 11.1. The lowest BCUT2D eigenvalue weighted by Crippen LogP contribution is -2.17. The van der Waals surface area contributed by atoms with Crippen LogP contribution < -0.4 is 4.90 Å². The lowest BCUT2D eigenvalue weighted by molar-refractivity contribution is 0.369. The van der Waals surface area contributed by atoms with E-state index in [4.69, 9.17) is 6.57 Å². The summed E-state index contributed by atoms with van der Waals surface area (Å²) in [6.07, 6.45) is 3.71. The zero-order valence-corrected chi connectivity index (χ0v) is 19.3. The third-order valence-electron chi connectivity index (χ3n) is 6.05. The minimum absolute atomic E-state index is 0.00110. The molecule has 0 aliphatic heterocycles. The highest BCUT2D eigenvalue weighted by atomic mass is 15.1. The molecular formula is C30H27N3. The first kappa shape index (κ1) is 22.1. The Bertz CT molecular complexity index is 1240. The van der Waals surface area contributed by atoms with Crippen molar-refractivity contribution in [2.45, 2.75) is 33.6 Å². The Balaban J connectivity index is 1.80. The van der Waals surface area contributed by atoms with Gasteiger partial charge in [0.25, 0.3) is 5.70 Å². The topological polar surface area (TPSA) is 31.4 Å². The standard InChI is InChI=1S/C30H27N3/c1-22-17-23(24-18-25(28(21-31)32-4)20-30(2,3)19-24)15-16-29(22)33(26-11-7-5-8-12-26)27-13-9-6-10-14-27/h5-18H,19-20H2,1-3H3/b28-25+. The van der Waals surface area contributed by atoms with E-state index < -0.39 is 0 Å². The molecule has 0 fully saturated rings. The minimum atomic E-state index is -0.00110. The lowest BCUT2D eigenvalue weighted by atomic mass is 9.73. The third-order valence-corrected chi connectivity index (χ3v) is 6.05. The molecule has 1 aliphatic rings. The van der Waals surface area contributed by atoms with Crippen molar-refractivity contribution in [1.82, 2.24) is 0 Å². The molecule has 0 spiro atoms. The molecule has 1 aliphatic carbocycles. The molecule has 0 unspecified atom stereocenters. The molecule has 0 heterocycles. The summed E-state index contributed by atoms with van der Waals surface area (Å²) in [6, 6.07) is 29.4. The summed E-state index contributed by atoms with van der Waals surface area (Å²) < 4.78 is 0. The second-order valence-electron chi connectivity index (χ2n) is 9.29. The van der Waals surface area contributed by atoms with Crippen LogP contribution >= 0.6 is 0 Å². The SMILES string of the molecule is [C-]#[N+]/C(C#N)=C1\C=C(c2ccc(N(c3ccccc3)c3ccccc3)c(C)c2)CC(C)(C)C1. The number of para-hydroxylation sites is 2. The van der Waals surface area contributed by atoms with Crippen molar-refractivity contribution in [3.05, 3.63) is 119 Å². The van der Waals surface area contributed by atoms with Gasteiger partial charge in [-0.15, -0.1) is 0 Å². The number of hydrogen-bond acceptors (Lipinski definition) is 2. The van der Waals surface area contributed by atoms with E-state index in [0.29, 0.717) is 0 Å². The molecule has 162 valence electrons. The van der Waals surface area contributed by atoms with Crippen molar-refractivity contribution in [1.29, 1.82) is 5.26 Å². The van der Waals surface area contributed by atoms with Crippen LogP contribution in [0.1, 0.15) is 37.8 Å². The van der Waals surface area contributed by atoms with Crippen molar-refractivity contribution in [2.24, 2.45) is 5.41 Å². The molecule has 0 radical (unpaired) electrons. The van der Waals surface area contributed by atoms with Crippen LogP contribution in [0, 0.1) is 30.2 Å². The van der Waals surface area contributed by atoms with Gasteiger partial charge in [0.05, 0.1) is 12.6 Å². The van der Waals surface area contributed by atoms with Crippen LogP contribution in [-0.4, -0.2) is 0 Å². The van der Waals surface area contributed by atoms with Crippen LogP contribution in [0.2, 0.25) is 0 Å². The molecule has 33 heavy (non-hydrogen) atoms. The van der Waals surface area contributed by atoms with Crippen LogP contribution in [0.3, 0.4) is 0 Å². The molecular weight excluding hydrogens is 402 g/mol. The fraction of sp³-hybridized carbons (Fsp3) is 0.200. The number of hydrogen-bond donors (Lipinski definition) is 0. The summed E-state index contributed by atoms with van der Waals surface area (Å²) in [4.78, 5) is 5.74. The van der Waals surface area contributed by atoms with E-state index >= 15 is 0 Å². The summed E-state index contributed by atoms with van der Waals surface area (Å²) >= 11 is 0. The normalized spacial score (nSPS) is 16.2. The van der Waals surface area contributed by atoms with Crippen molar-refractivity contribution in [2.75, 3.05) is 4.90 Å². The molecule has 4 rings (SSSR count). The van der Waals surface area contributed by atoms with Gasteiger partial charge < -0.3 is 4.90 Å². The average molecular weight is 430 g/mol. The summed E-state index contributed by atoms with van der Waals surface area (Å²) in [6.45, 7) is 13.9. The third kappa shape index (κ3) is 4.74. The van der Waals surface area contributed by atoms with Gasteiger partial charge >= 0.3 is 0 Å². The highest BCUT2D eigenvalue weighted by Gasteiger charge is 2.28. The largest absolute Gasteiger partial charge is 0.310 e. The second-order valence-corrected chi connectivity index (χ2v) is 9.29. The molecule has 0 N–H and O–H groups in total. The fourth-order valence-corrected chi connectivity index (χ4v) is 4.60. The summed E-state index contributed by atoms with van der Waals surface area (Å²) in [5.74, 6) is 0. The monoisotopic (exact) mass is 429 g/mol. The maximum Gasteiger partial charge on any atom is 0.265 e. The van der Waals surface area contributed by atoms with Crippen LogP contribution in [0.5, 0.6) is 0 Å². The molecule has 0 bridgehead atoms. The zero-order chi connectivity index (χ0) is 23.4. The Morgan fingerprint density at radius 3 is 2.06 bits per heavy atom. The van der Waals surface area contributed by atoms with Crippen molar-refractivity contribution < 1.29 is 0 Å². The Morgan fingerprint density at radius 2 is 1.55 bits per heavy atom. The molecule has 0 atom stereocenters. The van der Waals surface area contributed by atoms with Crippen LogP contribution in [0.4, 0.5) is 17.1 Å². The van der Waals surface area contributed by atoms with Gasteiger partial charge in [0.1, 0.15) is 0 Å². The second kappa shape index (κ2) is 9.19. The Kier molecular flexibility index (Phi) is 6.16. The molecule has 3 aromatic rings. The number of anilines is 3. The van der Waals surface area contributed by atoms with Gasteiger partial charge in [0, 0.05) is 17.1 Å². The molecule has 0 aromatic heterocycles. The maximum atomic E-state index is 9.41. The predicted octanol–water partition coefficient (Wildman–Crippen LogP) is 8.37. The molecule has 3 aromatic carbocycles. The quantitative estimate of drug-likeness (QED) is 0.308. The summed E-state index contributed by atoms with van der Waals surface area (Å²) in [7, 11) is 0. The van der Waals surface area contributed by atoms with Crippen molar-refractivity contribution in [3.8, 4) is 6.07 Å². The number of rotatable bonds is 4. The van der Waals surface area contributed by atoms with Crippen LogP contribution in [0.25, 0.3) is 10.4 Å². The van der Waals surface area contributed by atoms with E-state index in [1.54, 1.807) is 0 Å². The van der Waals surface area contributed by atoms with Gasteiger partial charge in [-0.2, -0.15) is 0 Å². The average Bonchev–Trinajstić information content (AvgIpc) is 2.81. The Hall–Kier alpha value is -4.08. The molecule has 3 heteroatoms. The number of allylic oxidation sites excluding steroid dienone is 4. The van der Waals surface area contributed by atoms with Gasteiger partial charge in [-0.25, -0.2) is 10.1 Å². The Morgan fingerprint density at radius 1 is 0.939 bits per heavy atom. The highest BCUT2D eigenvalue weighted by Crippen LogP contribution is 2.44. The minimum Gasteiger partial charge on any atom is -0.310 e. The van der Waals surface area contributed by atoms with Crippen LogP contribution in [0.15, 0.2) is 96.2 Å². The smallest absolute Gasteiger partial charge is 0.265 e. The van der Waals surface area contributed by atoms with Gasteiger partial charge in [0.15, 0.2) is 0 Å². The number of nitriles is 1. The van der Waals surface area contributed by atoms with Crippen molar-refractivity contribution in [3.63, 3.8) is 0 Å². The van der Waals surface area contributed by atoms with Gasteiger partial charge in [-0.1, -0.05) is 62.4 Å². The van der Waals surface area contributed by atoms with E-state index in [1.165, 1.54) is 11.1 Å². The Labute approximate surface area is 196 Å². The summed E-state index contributed by atoms with van der Waals surface area (Å²) in [5.41, 5.74) is 7.88. The van der Waals surface area contributed by atoms with Crippen LogP contribution in [-0.2, 0) is 0 Å². The highest BCUT2D eigenvalue weighted by molar-refractivity contribution is 5.80. The van der Waals surface area contributed by atoms with E-state index in [9.17, 15) is 5.26 Å². The number of aryl methyl sites for hydroxylation is 1. The molecule has 0 saturated carbocycles. The molecule has 0 amide bonds. The predicted molar refractivity (Wildman–Crippen MR) is 136 cm³/mol. The number of nitrogens with zero attached hydrogens (tertiary/aromatic N) is 3. The van der Waals surface area contributed by atoms with Gasteiger partial charge in [-0.05, 0) is 83.9 Å². The lowest BCUT2D eigenvalue weighted by Gasteiger charge is -2.32.